The number of hydrogen-bond acceptors (Lipinski definition) is 4. The van der Waals surface area contributed by atoms with Crippen LogP contribution >= 0.6 is 0 Å². The van der Waals surface area contributed by atoms with E-state index in [2.05, 4.69) is 10.8 Å². The molecule has 1 N–H and O–H groups in total. The fourth-order valence-corrected chi connectivity index (χ4v) is 5.26. The number of nitrogens with one attached hydrogen (secondary N) is 1. The van der Waals surface area contributed by atoms with Gasteiger partial charge in [-0.2, -0.15) is 0 Å². The van der Waals surface area contributed by atoms with Gasteiger partial charge in [-0.15, -0.1) is 0 Å². The number of benzene rings is 3. The first-order chi connectivity index (χ1) is 13.4. The molecule has 0 atom stereocenters. The van der Waals surface area contributed by atoms with E-state index < -0.39 is 10.0 Å². The zero-order valence-electron chi connectivity index (χ0n) is 15.2. The first-order valence-electron chi connectivity index (χ1n) is 9.04. The van der Waals surface area contributed by atoms with Gasteiger partial charge in [-0.1, -0.05) is 24.3 Å². The Kier molecular flexibility index (Phi) is 3.64. The van der Waals surface area contributed by atoms with Gasteiger partial charge in [0.25, 0.3) is 15.9 Å². The molecule has 0 fully saturated rings. The molecule has 0 bridgehead atoms. The molecule has 0 radical (unpaired) electrons. The Morgan fingerprint density at radius 3 is 2.64 bits per heavy atom. The lowest BCUT2D eigenvalue weighted by atomic mass is 10.1. The van der Waals surface area contributed by atoms with Crippen LogP contribution in [0.5, 0.6) is 5.75 Å². The summed E-state index contributed by atoms with van der Waals surface area (Å²) in [5.74, 6) is 0.330. The summed E-state index contributed by atoms with van der Waals surface area (Å²) in [7, 11) is -2.12. The average Bonchev–Trinajstić information content (AvgIpc) is 3.10. The Morgan fingerprint density at radius 2 is 1.82 bits per heavy atom. The van der Waals surface area contributed by atoms with Crippen molar-refractivity contribution in [3.05, 3.63) is 59.7 Å². The lowest BCUT2D eigenvalue weighted by molar-refractivity contribution is -0.120. The fraction of sp³-hybridized carbons (Fsp3) is 0.190. The van der Waals surface area contributed by atoms with E-state index in [1.54, 1.807) is 31.3 Å². The third-order valence-corrected chi connectivity index (χ3v) is 6.86. The van der Waals surface area contributed by atoms with Gasteiger partial charge in [0, 0.05) is 18.5 Å². The number of carbonyl (C=O) groups excluding carboxylic acids is 1. The summed E-state index contributed by atoms with van der Waals surface area (Å²) < 4.78 is 34.4. The maximum Gasteiger partial charge on any atom is 0.264 e. The third-order valence-electron chi connectivity index (χ3n) is 5.43. The number of fused-ring (bicyclic) bond motifs is 1. The first-order valence-corrected chi connectivity index (χ1v) is 10.5. The SMILES string of the molecule is CN1C(=O)COc2cc(NS(=O)(=O)c3ccc4c5c(cccc35)CC4)ccc21. The van der Waals surface area contributed by atoms with Crippen molar-refractivity contribution in [3.8, 4) is 5.75 Å². The van der Waals surface area contributed by atoms with Crippen LogP contribution in [0.4, 0.5) is 11.4 Å². The average molecular weight is 394 g/mol. The van der Waals surface area contributed by atoms with E-state index in [0.29, 0.717) is 17.1 Å². The molecule has 7 heteroatoms. The van der Waals surface area contributed by atoms with Crippen LogP contribution in [0.25, 0.3) is 10.8 Å². The second-order valence-corrected chi connectivity index (χ2v) is 8.74. The highest BCUT2D eigenvalue weighted by Gasteiger charge is 2.25. The van der Waals surface area contributed by atoms with Crippen LogP contribution in [0, 0.1) is 0 Å². The highest BCUT2D eigenvalue weighted by Crippen LogP contribution is 2.37. The topological polar surface area (TPSA) is 75.7 Å². The minimum Gasteiger partial charge on any atom is -0.481 e. The third kappa shape index (κ3) is 2.54. The van der Waals surface area contributed by atoms with Gasteiger partial charge in [0.2, 0.25) is 0 Å². The molecule has 0 saturated heterocycles. The molecule has 2 aliphatic rings. The Hall–Kier alpha value is -3.06. The largest absolute Gasteiger partial charge is 0.481 e. The minimum absolute atomic E-state index is 0.0609. The van der Waals surface area contributed by atoms with Crippen LogP contribution in [-0.2, 0) is 27.7 Å². The standard InChI is InChI=1S/C21H18N2O4S/c1-23-17-9-8-15(11-18(17)27-12-20(23)24)22-28(25,26)19-10-7-14-6-5-13-3-2-4-16(19)21(13)14/h2-4,7-11,22H,5-6,12H2,1H3. The smallest absolute Gasteiger partial charge is 0.264 e. The molecule has 1 heterocycles. The molecule has 142 valence electrons. The quantitative estimate of drug-likeness (QED) is 0.741. The summed E-state index contributed by atoms with van der Waals surface area (Å²) in [5, 5.41) is 1.80. The van der Waals surface area contributed by atoms with Crippen molar-refractivity contribution < 1.29 is 17.9 Å². The summed E-state index contributed by atoms with van der Waals surface area (Å²) in [6.45, 7) is -0.0609. The van der Waals surface area contributed by atoms with Gasteiger partial charge < -0.3 is 9.64 Å². The Bertz CT molecular complexity index is 1240. The number of ether oxygens (including phenoxy) is 1. The van der Waals surface area contributed by atoms with E-state index in [1.807, 2.05) is 18.2 Å². The van der Waals surface area contributed by atoms with E-state index >= 15 is 0 Å². The number of aryl methyl sites for hydroxylation is 2. The van der Waals surface area contributed by atoms with Crippen molar-refractivity contribution in [2.24, 2.45) is 0 Å². The summed E-state index contributed by atoms with van der Waals surface area (Å²) in [5.41, 5.74) is 3.40. The van der Waals surface area contributed by atoms with Crippen molar-refractivity contribution in [1.29, 1.82) is 0 Å². The number of sulfonamides is 1. The number of anilines is 2. The summed E-state index contributed by atoms with van der Waals surface area (Å²) >= 11 is 0. The second-order valence-electron chi connectivity index (χ2n) is 7.09. The van der Waals surface area contributed by atoms with E-state index in [-0.39, 0.29) is 17.4 Å². The van der Waals surface area contributed by atoms with Gasteiger partial charge in [0.05, 0.1) is 16.3 Å². The van der Waals surface area contributed by atoms with Gasteiger partial charge in [-0.05, 0) is 47.6 Å². The highest BCUT2D eigenvalue weighted by atomic mass is 32.2. The molecule has 5 rings (SSSR count). The number of hydrogen-bond donors (Lipinski definition) is 1. The summed E-state index contributed by atoms with van der Waals surface area (Å²) in [6, 6.07) is 14.3. The van der Waals surface area contributed by atoms with Crippen molar-refractivity contribution in [2.45, 2.75) is 17.7 Å². The van der Waals surface area contributed by atoms with E-state index in [4.69, 9.17) is 4.74 Å². The fourth-order valence-electron chi connectivity index (χ4n) is 4.01. The van der Waals surface area contributed by atoms with Crippen molar-refractivity contribution in [3.63, 3.8) is 0 Å². The van der Waals surface area contributed by atoms with Gasteiger partial charge in [-0.25, -0.2) is 8.42 Å². The lowest BCUT2D eigenvalue weighted by Crippen LogP contribution is -2.35. The molecule has 1 amide bonds. The van der Waals surface area contributed by atoms with Gasteiger partial charge >= 0.3 is 0 Å². The highest BCUT2D eigenvalue weighted by molar-refractivity contribution is 7.93. The monoisotopic (exact) mass is 394 g/mol. The van der Waals surface area contributed by atoms with Gasteiger partial charge in [-0.3, -0.25) is 9.52 Å². The molecule has 0 unspecified atom stereocenters. The molecule has 3 aromatic carbocycles. The molecule has 28 heavy (non-hydrogen) atoms. The maximum absolute atomic E-state index is 13.1. The molecule has 6 nitrogen and oxygen atoms in total. The minimum atomic E-state index is -3.78. The molecule has 0 saturated carbocycles. The number of rotatable bonds is 3. The van der Waals surface area contributed by atoms with Crippen LogP contribution in [-0.4, -0.2) is 28.0 Å². The van der Waals surface area contributed by atoms with Gasteiger partial charge in [0.1, 0.15) is 5.75 Å². The predicted octanol–water partition coefficient (Wildman–Crippen LogP) is 3.09. The van der Waals surface area contributed by atoms with Crippen LogP contribution < -0.4 is 14.4 Å². The molecule has 3 aromatic rings. The van der Waals surface area contributed by atoms with Crippen molar-refractivity contribution >= 4 is 38.1 Å². The normalized spacial score (nSPS) is 15.5. The Balaban J connectivity index is 1.55. The van der Waals surface area contributed by atoms with Crippen molar-refractivity contribution in [1.82, 2.24) is 0 Å². The molecule has 1 aliphatic carbocycles. The van der Waals surface area contributed by atoms with Crippen LogP contribution in [0.15, 0.2) is 53.4 Å². The van der Waals surface area contributed by atoms with E-state index in [9.17, 15) is 13.2 Å². The Morgan fingerprint density at radius 1 is 1.04 bits per heavy atom. The number of amides is 1. The second kappa shape index (κ2) is 5.97. The lowest BCUT2D eigenvalue weighted by Gasteiger charge is -2.26. The molecule has 1 aliphatic heterocycles. The predicted molar refractivity (Wildman–Crippen MR) is 108 cm³/mol. The maximum atomic E-state index is 13.1. The van der Waals surface area contributed by atoms with E-state index in [1.165, 1.54) is 16.0 Å². The van der Waals surface area contributed by atoms with Gasteiger partial charge in [0.15, 0.2) is 6.61 Å². The summed E-state index contributed by atoms with van der Waals surface area (Å²) in [6.07, 6.45) is 1.88. The number of likely N-dealkylation sites (N-methyl/N-ethyl adjacent to an activating group) is 1. The Labute approximate surface area is 162 Å². The van der Waals surface area contributed by atoms with Crippen LogP contribution in [0.2, 0.25) is 0 Å². The van der Waals surface area contributed by atoms with Crippen LogP contribution in [0.1, 0.15) is 11.1 Å². The molecular formula is C21H18N2O4S. The zero-order valence-corrected chi connectivity index (χ0v) is 16.0. The molecule has 0 spiro atoms. The summed E-state index contributed by atoms with van der Waals surface area (Å²) in [4.78, 5) is 13.5. The molecular weight excluding hydrogens is 376 g/mol. The zero-order chi connectivity index (χ0) is 19.5. The van der Waals surface area contributed by atoms with E-state index in [0.717, 1.165) is 23.6 Å². The number of nitrogens with zero attached hydrogens (tertiary/aromatic N) is 1. The first kappa shape index (κ1) is 17.1. The van der Waals surface area contributed by atoms with Crippen molar-refractivity contribution in [2.75, 3.05) is 23.3 Å². The number of carbonyl (C=O) groups is 1. The molecule has 0 aromatic heterocycles. The van der Waals surface area contributed by atoms with Crippen LogP contribution in [0.3, 0.4) is 0 Å².